The molecule has 0 aromatic heterocycles. The molecule has 0 saturated carbocycles. The Kier molecular flexibility index (Phi) is 4.51. The number of carbonyl (C=O) groups is 1. The van der Waals surface area contributed by atoms with Crippen molar-refractivity contribution in [2.75, 3.05) is 13.6 Å². The zero-order chi connectivity index (χ0) is 14.6. The second kappa shape index (κ2) is 5.71. The first-order valence-electron chi connectivity index (χ1n) is 5.24. The molecule has 0 aliphatic carbocycles. The van der Waals surface area contributed by atoms with Gasteiger partial charge in [-0.3, -0.25) is 9.69 Å². The number of alkyl halides is 3. The number of likely N-dealkylation sites (N-methyl/N-ethyl adjacent to an activating group) is 1. The Morgan fingerprint density at radius 1 is 1.42 bits per heavy atom. The quantitative estimate of drug-likeness (QED) is 0.913. The Bertz CT molecular complexity index is 491. The number of carboxylic acids is 1. The van der Waals surface area contributed by atoms with Crippen LogP contribution in [0.15, 0.2) is 24.3 Å². The van der Waals surface area contributed by atoms with Gasteiger partial charge in [-0.1, -0.05) is 12.1 Å². The summed E-state index contributed by atoms with van der Waals surface area (Å²) in [4.78, 5) is 11.8. The Hall–Kier alpha value is -2.07. The summed E-state index contributed by atoms with van der Waals surface area (Å²) in [5, 5.41) is 17.6. The minimum absolute atomic E-state index is 0.319. The van der Waals surface area contributed by atoms with Gasteiger partial charge in [0.1, 0.15) is 6.04 Å². The molecule has 0 aliphatic heterocycles. The van der Waals surface area contributed by atoms with E-state index in [9.17, 15) is 18.0 Å². The molecule has 1 atom stereocenters. The third kappa shape index (κ3) is 3.96. The fraction of sp³-hybridized carbons (Fsp3) is 0.333. The molecule has 4 nitrogen and oxygen atoms in total. The maximum absolute atomic E-state index is 12.4. The van der Waals surface area contributed by atoms with Crippen molar-refractivity contribution >= 4 is 5.97 Å². The van der Waals surface area contributed by atoms with E-state index in [2.05, 4.69) is 0 Å². The SMILES string of the molecule is CN(CC(=O)O)C(C#N)c1ccc(C(F)(F)F)cc1. The average Bonchev–Trinajstić information content (AvgIpc) is 2.28. The number of nitriles is 1. The standard InChI is InChI=1S/C12H11F3N2O2/c1-17(7-11(18)19)10(6-16)8-2-4-9(5-3-8)12(13,14)15/h2-5,10H,7H2,1H3,(H,18,19). The number of rotatable bonds is 4. The zero-order valence-corrected chi connectivity index (χ0v) is 9.98. The van der Waals surface area contributed by atoms with Gasteiger partial charge in [0.25, 0.3) is 0 Å². The van der Waals surface area contributed by atoms with Gasteiger partial charge in [0.05, 0.1) is 18.2 Å². The summed E-state index contributed by atoms with van der Waals surface area (Å²) in [5.41, 5.74) is -0.493. The van der Waals surface area contributed by atoms with Gasteiger partial charge in [0, 0.05) is 0 Å². The van der Waals surface area contributed by atoms with E-state index in [4.69, 9.17) is 10.4 Å². The van der Waals surface area contributed by atoms with Crippen molar-refractivity contribution in [1.82, 2.24) is 4.90 Å². The molecule has 19 heavy (non-hydrogen) atoms. The van der Waals surface area contributed by atoms with Gasteiger partial charge in [-0.15, -0.1) is 0 Å². The largest absolute Gasteiger partial charge is 0.480 e. The second-order valence-electron chi connectivity index (χ2n) is 3.96. The van der Waals surface area contributed by atoms with Crippen molar-refractivity contribution in [2.45, 2.75) is 12.2 Å². The lowest BCUT2D eigenvalue weighted by molar-refractivity contribution is -0.138. The number of aliphatic carboxylic acids is 1. The minimum Gasteiger partial charge on any atom is -0.480 e. The van der Waals surface area contributed by atoms with Crippen LogP contribution >= 0.6 is 0 Å². The van der Waals surface area contributed by atoms with E-state index in [1.54, 1.807) is 0 Å². The molecule has 0 radical (unpaired) electrons. The Labute approximate surface area is 107 Å². The highest BCUT2D eigenvalue weighted by atomic mass is 19.4. The molecule has 0 spiro atoms. The number of carboxylic acid groups (broad SMARTS) is 1. The minimum atomic E-state index is -4.44. The van der Waals surface area contributed by atoms with Crippen LogP contribution in [0.5, 0.6) is 0 Å². The van der Waals surface area contributed by atoms with Crippen LogP contribution in [0, 0.1) is 11.3 Å². The van der Waals surface area contributed by atoms with Crippen LogP contribution in [0.25, 0.3) is 0 Å². The predicted octanol–water partition coefficient (Wildman–Crippen LogP) is 2.29. The maximum Gasteiger partial charge on any atom is 0.416 e. The van der Waals surface area contributed by atoms with Gasteiger partial charge >= 0.3 is 12.1 Å². The molecule has 0 saturated heterocycles. The average molecular weight is 272 g/mol. The molecule has 0 heterocycles. The third-order valence-corrected chi connectivity index (χ3v) is 2.50. The molecular formula is C12H11F3N2O2. The van der Waals surface area contributed by atoms with Gasteiger partial charge in [0.15, 0.2) is 0 Å². The zero-order valence-electron chi connectivity index (χ0n) is 9.98. The van der Waals surface area contributed by atoms with E-state index in [0.717, 1.165) is 12.1 Å². The molecule has 0 amide bonds. The molecule has 0 bridgehead atoms. The molecule has 1 unspecified atom stereocenters. The predicted molar refractivity (Wildman–Crippen MR) is 60.1 cm³/mol. The number of halogens is 3. The summed E-state index contributed by atoms with van der Waals surface area (Å²) in [6.45, 7) is -0.376. The van der Waals surface area contributed by atoms with Gasteiger partial charge in [0.2, 0.25) is 0 Å². The van der Waals surface area contributed by atoms with Crippen LogP contribution in [0.4, 0.5) is 13.2 Å². The van der Waals surface area contributed by atoms with Crippen LogP contribution in [0.1, 0.15) is 17.2 Å². The van der Waals surface area contributed by atoms with Crippen LogP contribution < -0.4 is 0 Å². The summed E-state index contributed by atoms with van der Waals surface area (Å²) in [5.74, 6) is -1.12. The van der Waals surface area contributed by atoms with Gasteiger partial charge < -0.3 is 5.11 Å². The number of hydrogen-bond acceptors (Lipinski definition) is 3. The Morgan fingerprint density at radius 2 is 1.95 bits per heavy atom. The lowest BCUT2D eigenvalue weighted by Gasteiger charge is -2.21. The molecule has 1 aromatic carbocycles. The van der Waals surface area contributed by atoms with Crippen molar-refractivity contribution in [3.05, 3.63) is 35.4 Å². The number of benzene rings is 1. The molecule has 1 rings (SSSR count). The van der Waals surface area contributed by atoms with E-state index in [0.29, 0.717) is 5.56 Å². The fourth-order valence-electron chi connectivity index (χ4n) is 1.59. The molecule has 1 aromatic rings. The number of nitrogens with zero attached hydrogens (tertiary/aromatic N) is 2. The maximum atomic E-state index is 12.4. The van der Waals surface area contributed by atoms with Crippen LogP contribution in [-0.2, 0) is 11.0 Å². The molecular weight excluding hydrogens is 261 g/mol. The van der Waals surface area contributed by atoms with E-state index in [-0.39, 0.29) is 6.54 Å². The molecule has 102 valence electrons. The smallest absolute Gasteiger partial charge is 0.416 e. The highest BCUT2D eigenvalue weighted by molar-refractivity contribution is 5.69. The second-order valence-corrected chi connectivity index (χ2v) is 3.96. The van der Waals surface area contributed by atoms with E-state index >= 15 is 0 Å². The molecule has 0 aliphatic rings. The van der Waals surface area contributed by atoms with Crippen molar-refractivity contribution in [1.29, 1.82) is 5.26 Å². The van der Waals surface area contributed by atoms with E-state index in [1.165, 1.54) is 24.1 Å². The third-order valence-electron chi connectivity index (χ3n) is 2.50. The molecule has 0 fully saturated rings. The Balaban J connectivity index is 2.95. The first-order chi connectivity index (χ1) is 8.75. The summed E-state index contributed by atoms with van der Waals surface area (Å²) in [6.07, 6.45) is -4.44. The first kappa shape index (κ1) is 15.0. The monoisotopic (exact) mass is 272 g/mol. The summed E-state index contributed by atoms with van der Waals surface area (Å²) < 4.78 is 37.1. The van der Waals surface area contributed by atoms with Crippen molar-refractivity contribution < 1.29 is 23.1 Å². The highest BCUT2D eigenvalue weighted by Crippen LogP contribution is 2.30. The summed E-state index contributed by atoms with van der Waals surface area (Å²) in [7, 11) is 1.42. The van der Waals surface area contributed by atoms with Crippen LogP contribution in [0.2, 0.25) is 0 Å². The summed E-state index contributed by atoms with van der Waals surface area (Å²) >= 11 is 0. The number of hydrogen-bond donors (Lipinski definition) is 1. The van der Waals surface area contributed by atoms with Gasteiger partial charge in [-0.25, -0.2) is 0 Å². The van der Waals surface area contributed by atoms with Gasteiger partial charge in [-0.05, 0) is 24.7 Å². The lowest BCUT2D eigenvalue weighted by Crippen LogP contribution is -2.29. The molecule has 1 N–H and O–H groups in total. The van der Waals surface area contributed by atoms with Crippen LogP contribution in [-0.4, -0.2) is 29.6 Å². The Morgan fingerprint density at radius 3 is 2.32 bits per heavy atom. The van der Waals surface area contributed by atoms with E-state index in [1.807, 2.05) is 6.07 Å². The fourth-order valence-corrected chi connectivity index (χ4v) is 1.59. The lowest BCUT2D eigenvalue weighted by atomic mass is 10.0. The van der Waals surface area contributed by atoms with Crippen LogP contribution in [0.3, 0.4) is 0 Å². The topological polar surface area (TPSA) is 64.3 Å². The molecule has 7 heteroatoms. The van der Waals surface area contributed by atoms with Crippen molar-refractivity contribution in [3.8, 4) is 6.07 Å². The first-order valence-corrected chi connectivity index (χ1v) is 5.24. The highest BCUT2D eigenvalue weighted by Gasteiger charge is 2.30. The van der Waals surface area contributed by atoms with Crippen molar-refractivity contribution in [2.24, 2.45) is 0 Å². The van der Waals surface area contributed by atoms with Crippen molar-refractivity contribution in [3.63, 3.8) is 0 Å². The van der Waals surface area contributed by atoms with Gasteiger partial charge in [-0.2, -0.15) is 18.4 Å². The van der Waals surface area contributed by atoms with E-state index < -0.39 is 23.8 Å². The normalized spacial score (nSPS) is 13.1. The summed E-state index contributed by atoms with van der Waals surface area (Å²) in [6, 6.07) is 5.05.